The highest BCUT2D eigenvalue weighted by molar-refractivity contribution is 5.89. The van der Waals surface area contributed by atoms with Gasteiger partial charge in [-0.2, -0.15) is 0 Å². The summed E-state index contributed by atoms with van der Waals surface area (Å²) in [6.45, 7) is 4.95. The molecule has 4 rings (SSSR count). The monoisotopic (exact) mass is 364 g/mol. The summed E-state index contributed by atoms with van der Waals surface area (Å²) in [6.07, 6.45) is 5.03. The van der Waals surface area contributed by atoms with Crippen molar-refractivity contribution >= 4 is 18.3 Å². The summed E-state index contributed by atoms with van der Waals surface area (Å²) in [5.41, 5.74) is 8.34. The SMILES string of the molecule is CC1(C)C2OCCCC2C1(N)C(=O)NC1CCc2ccccc2C1.Cl. The number of rotatable bonds is 2. The fourth-order valence-corrected chi connectivity index (χ4v) is 5.16. The molecule has 1 aromatic carbocycles. The summed E-state index contributed by atoms with van der Waals surface area (Å²) in [7, 11) is 0. The lowest BCUT2D eigenvalue weighted by atomic mass is 9.46. The van der Waals surface area contributed by atoms with Crippen molar-refractivity contribution < 1.29 is 9.53 Å². The van der Waals surface area contributed by atoms with Crippen LogP contribution in [-0.4, -0.2) is 30.2 Å². The van der Waals surface area contributed by atoms with Gasteiger partial charge in [0.05, 0.1) is 6.10 Å². The van der Waals surface area contributed by atoms with Crippen LogP contribution in [0.5, 0.6) is 0 Å². The van der Waals surface area contributed by atoms with E-state index in [4.69, 9.17) is 10.5 Å². The van der Waals surface area contributed by atoms with Crippen LogP contribution in [0.15, 0.2) is 24.3 Å². The first kappa shape index (κ1) is 18.7. The molecule has 25 heavy (non-hydrogen) atoms. The predicted octanol–water partition coefficient (Wildman–Crippen LogP) is 2.61. The van der Waals surface area contributed by atoms with Crippen molar-refractivity contribution in [2.45, 2.75) is 63.6 Å². The molecule has 1 amide bonds. The van der Waals surface area contributed by atoms with Crippen molar-refractivity contribution in [2.75, 3.05) is 6.61 Å². The molecular weight excluding hydrogens is 336 g/mol. The van der Waals surface area contributed by atoms with Crippen LogP contribution in [0, 0.1) is 11.3 Å². The molecule has 5 heteroatoms. The van der Waals surface area contributed by atoms with Crippen LogP contribution in [0.2, 0.25) is 0 Å². The molecule has 1 saturated carbocycles. The van der Waals surface area contributed by atoms with Gasteiger partial charge in [0.25, 0.3) is 0 Å². The molecule has 1 heterocycles. The summed E-state index contributed by atoms with van der Waals surface area (Å²) in [5.74, 6) is 0.167. The zero-order valence-corrected chi connectivity index (χ0v) is 15.9. The standard InChI is InChI=1S/C20H28N2O2.ClH/c1-19(2)17-16(8-5-11-24-17)20(19,21)18(23)22-15-10-9-13-6-3-4-7-14(13)12-15;/h3-4,6-7,15-17H,5,8-12,21H2,1-2H3,(H,22,23);1H. The molecule has 4 unspecified atom stereocenters. The third kappa shape index (κ3) is 2.70. The van der Waals surface area contributed by atoms with E-state index in [1.807, 2.05) is 0 Å². The van der Waals surface area contributed by atoms with Gasteiger partial charge in [-0.05, 0) is 43.2 Å². The van der Waals surface area contributed by atoms with E-state index in [-0.39, 0.29) is 41.8 Å². The zero-order chi connectivity index (χ0) is 16.9. The van der Waals surface area contributed by atoms with Crippen LogP contribution in [0.3, 0.4) is 0 Å². The van der Waals surface area contributed by atoms with Crippen LogP contribution in [0.1, 0.15) is 44.2 Å². The Morgan fingerprint density at radius 2 is 1.96 bits per heavy atom. The lowest BCUT2D eigenvalue weighted by Gasteiger charge is -2.65. The lowest BCUT2D eigenvalue weighted by molar-refractivity contribution is -0.225. The molecule has 1 saturated heterocycles. The molecule has 3 N–H and O–H groups in total. The Labute approximate surface area is 156 Å². The topological polar surface area (TPSA) is 64.3 Å². The van der Waals surface area contributed by atoms with Crippen LogP contribution < -0.4 is 11.1 Å². The molecule has 2 fully saturated rings. The van der Waals surface area contributed by atoms with Crippen LogP contribution in [-0.2, 0) is 22.4 Å². The molecule has 4 atom stereocenters. The summed E-state index contributed by atoms with van der Waals surface area (Å²) in [6, 6.07) is 8.72. The number of carbonyl (C=O) groups excluding carboxylic acids is 1. The summed E-state index contributed by atoms with van der Waals surface area (Å²) < 4.78 is 5.91. The van der Waals surface area contributed by atoms with Gasteiger partial charge in [-0.25, -0.2) is 0 Å². The molecule has 3 aliphatic rings. The molecule has 0 spiro atoms. The average Bonchev–Trinajstić information content (AvgIpc) is 2.60. The van der Waals surface area contributed by atoms with E-state index < -0.39 is 5.54 Å². The van der Waals surface area contributed by atoms with Gasteiger partial charge in [0.1, 0.15) is 5.54 Å². The molecule has 0 bridgehead atoms. The maximum Gasteiger partial charge on any atom is 0.241 e. The van der Waals surface area contributed by atoms with E-state index in [1.54, 1.807) is 0 Å². The lowest BCUT2D eigenvalue weighted by Crippen LogP contribution is -2.82. The van der Waals surface area contributed by atoms with Crippen molar-refractivity contribution in [2.24, 2.45) is 17.1 Å². The molecule has 4 nitrogen and oxygen atoms in total. The van der Waals surface area contributed by atoms with E-state index in [0.717, 1.165) is 38.7 Å². The van der Waals surface area contributed by atoms with Gasteiger partial charge in [0, 0.05) is 24.0 Å². The van der Waals surface area contributed by atoms with Crippen molar-refractivity contribution in [1.29, 1.82) is 0 Å². The van der Waals surface area contributed by atoms with Crippen LogP contribution >= 0.6 is 12.4 Å². The summed E-state index contributed by atoms with van der Waals surface area (Å²) in [5, 5.41) is 3.27. The molecule has 2 aliphatic carbocycles. The Bertz CT molecular complexity index is 663. The number of ether oxygens (including phenoxy) is 1. The zero-order valence-electron chi connectivity index (χ0n) is 15.1. The number of amides is 1. The number of nitrogens with two attached hydrogens (primary N) is 1. The minimum atomic E-state index is -0.810. The Hall–Kier alpha value is -1.10. The average molecular weight is 365 g/mol. The quantitative estimate of drug-likeness (QED) is 0.847. The van der Waals surface area contributed by atoms with Gasteiger partial charge in [0.15, 0.2) is 0 Å². The number of nitrogens with one attached hydrogen (secondary N) is 1. The Balaban J connectivity index is 0.00000182. The number of benzene rings is 1. The van der Waals surface area contributed by atoms with Crippen molar-refractivity contribution in [3.63, 3.8) is 0 Å². The Kier molecular flexibility index (Phi) is 4.91. The van der Waals surface area contributed by atoms with Crippen LogP contribution in [0.4, 0.5) is 0 Å². The van der Waals surface area contributed by atoms with Crippen molar-refractivity contribution in [3.8, 4) is 0 Å². The number of halogens is 1. The van der Waals surface area contributed by atoms with Gasteiger partial charge in [0.2, 0.25) is 5.91 Å². The first-order chi connectivity index (χ1) is 11.4. The van der Waals surface area contributed by atoms with Crippen LogP contribution in [0.25, 0.3) is 0 Å². The summed E-state index contributed by atoms with van der Waals surface area (Å²) in [4.78, 5) is 13.1. The highest BCUT2D eigenvalue weighted by atomic mass is 35.5. The largest absolute Gasteiger partial charge is 0.377 e. The second kappa shape index (κ2) is 6.57. The fourth-order valence-electron chi connectivity index (χ4n) is 5.16. The Morgan fingerprint density at radius 1 is 1.24 bits per heavy atom. The number of hydrogen-bond acceptors (Lipinski definition) is 3. The minimum Gasteiger partial charge on any atom is -0.377 e. The smallest absolute Gasteiger partial charge is 0.241 e. The van der Waals surface area contributed by atoms with Gasteiger partial charge in [-0.15, -0.1) is 12.4 Å². The molecule has 1 aromatic rings. The van der Waals surface area contributed by atoms with E-state index in [0.29, 0.717) is 0 Å². The van der Waals surface area contributed by atoms with E-state index in [1.165, 1.54) is 11.1 Å². The second-order valence-electron chi connectivity index (χ2n) is 8.31. The minimum absolute atomic E-state index is 0. The van der Waals surface area contributed by atoms with Gasteiger partial charge >= 0.3 is 0 Å². The van der Waals surface area contributed by atoms with Gasteiger partial charge in [-0.3, -0.25) is 4.79 Å². The normalized spacial score (nSPS) is 35.4. The maximum atomic E-state index is 13.1. The van der Waals surface area contributed by atoms with E-state index in [2.05, 4.69) is 43.4 Å². The summed E-state index contributed by atoms with van der Waals surface area (Å²) >= 11 is 0. The number of fused-ring (bicyclic) bond motifs is 2. The first-order valence-electron chi connectivity index (χ1n) is 9.23. The second-order valence-corrected chi connectivity index (χ2v) is 8.31. The Morgan fingerprint density at radius 3 is 2.72 bits per heavy atom. The van der Waals surface area contributed by atoms with E-state index in [9.17, 15) is 4.79 Å². The third-order valence-corrected chi connectivity index (χ3v) is 6.74. The molecule has 1 aliphatic heterocycles. The maximum absolute atomic E-state index is 13.1. The highest BCUT2D eigenvalue weighted by Crippen LogP contribution is 2.57. The predicted molar refractivity (Wildman–Crippen MR) is 101 cm³/mol. The van der Waals surface area contributed by atoms with Crippen molar-refractivity contribution in [3.05, 3.63) is 35.4 Å². The molecular formula is C20H29ClN2O2. The first-order valence-corrected chi connectivity index (χ1v) is 9.23. The van der Waals surface area contributed by atoms with Gasteiger partial charge in [-0.1, -0.05) is 38.1 Å². The third-order valence-electron chi connectivity index (χ3n) is 6.74. The van der Waals surface area contributed by atoms with Crippen molar-refractivity contribution in [1.82, 2.24) is 5.32 Å². The number of hydrogen-bond donors (Lipinski definition) is 2. The highest BCUT2D eigenvalue weighted by Gasteiger charge is 2.70. The van der Waals surface area contributed by atoms with E-state index >= 15 is 0 Å². The fraction of sp³-hybridized carbons (Fsp3) is 0.650. The molecule has 0 radical (unpaired) electrons. The number of aryl methyl sites for hydroxylation is 1. The van der Waals surface area contributed by atoms with Gasteiger partial charge < -0.3 is 15.8 Å². The molecule has 138 valence electrons. The number of carbonyl (C=O) groups is 1. The molecule has 0 aromatic heterocycles.